The smallest absolute Gasteiger partial charge is 0.251 e. The van der Waals surface area contributed by atoms with Crippen LogP contribution < -0.4 is 15.2 Å². The van der Waals surface area contributed by atoms with Crippen LogP contribution in [0.25, 0.3) is 0 Å². The van der Waals surface area contributed by atoms with Gasteiger partial charge in [-0.1, -0.05) is 13.3 Å². The molecule has 1 aliphatic rings. The third kappa shape index (κ3) is 4.44. The molecule has 1 amide bonds. The topological polar surface area (TPSA) is 98.5 Å². The Bertz CT molecular complexity index is 624. The van der Waals surface area contributed by atoms with Crippen LogP contribution in [0.2, 0.25) is 0 Å². The van der Waals surface area contributed by atoms with E-state index in [-0.39, 0.29) is 28.2 Å². The van der Waals surface area contributed by atoms with Crippen LogP contribution in [0.1, 0.15) is 43.0 Å². The molecule has 2 rings (SSSR count). The normalized spacial score (nSPS) is 14.8. The molecule has 3 N–H and O–H groups in total. The second-order valence-electron chi connectivity index (χ2n) is 5.16. The number of hydrogen-bond donors (Lipinski definition) is 2. The Morgan fingerprint density at radius 3 is 2.71 bits per heavy atom. The molecule has 1 aliphatic carbocycles. The number of nitrogens with one attached hydrogen (secondary N) is 1. The molecule has 0 aromatic heterocycles. The summed E-state index contributed by atoms with van der Waals surface area (Å²) in [4.78, 5) is 11.8. The fourth-order valence-corrected chi connectivity index (χ4v) is 2.51. The highest BCUT2D eigenvalue weighted by Gasteiger charge is 2.25. The van der Waals surface area contributed by atoms with E-state index in [2.05, 4.69) is 5.32 Å². The van der Waals surface area contributed by atoms with Crippen LogP contribution >= 0.6 is 0 Å². The van der Waals surface area contributed by atoms with Crippen LogP contribution in [0.15, 0.2) is 23.1 Å². The molecule has 7 heteroatoms. The van der Waals surface area contributed by atoms with Gasteiger partial charge in [-0.25, -0.2) is 13.6 Å². The van der Waals surface area contributed by atoms with Crippen molar-refractivity contribution in [2.45, 2.75) is 43.5 Å². The maximum absolute atomic E-state index is 12.0. The Labute approximate surface area is 124 Å². The minimum Gasteiger partial charge on any atom is -0.492 e. The zero-order chi connectivity index (χ0) is 15.5. The van der Waals surface area contributed by atoms with Crippen molar-refractivity contribution in [2.75, 3.05) is 6.61 Å². The molecule has 0 unspecified atom stereocenters. The molecule has 0 bridgehead atoms. The van der Waals surface area contributed by atoms with Gasteiger partial charge in [0.1, 0.15) is 10.6 Å². The lowest BCUT2D eigenvalue weighted by atomic mass is 10.2. The molecule has 1 aromatic rings. The summed E-state index contributed by atoms with van der Waals surface area (Å²) in [5.74, 6) is -0.101. The second kappa shape index (κ2) is 6.44. The SMILES string of the molecule is CCCCOc1ccc(C(=O)NC2CC2)cc1S(N)(=O)=O. The Kier molecular flexibility index (Phi) is 4.84. The van der Waals surface area contributed by atoms with Gasteiger partial charge in [0.2, 0.25) is 10.0 Å². The Morgan fingerprint density at radius 1 is 1.43 bits per heavy atom. The van der Waals surface area contributed by atoms with E-state index < -0.39 is 10.0 Å². The number of rotatable bonds is 7. The van der Waals surface area contributed by atoms with Gasteiger partial charge in [0, 0.05) is 11.6 Å². The molecule has 6 nitrogen and oxygen atoms in total. The van der Waals surface area contributed by atoms with Crippen molar-refractivity contribution >= 4 is 15.9 Å². The molecule has 0 radical (unpaired) electrons. The predicted octanol–water partition coefficient (Wildman–Crippen LogP) is 1.41. The first-order valence-corrected chi connectivity index (χ1v) is 8.57. The van der Waals surface area contributed by atoms with Gasteiger partial charge in [-0.05, 0) is 37.5 Å². The average Bonchev–Trinajstić information content (AvgIpc) is 3.22. The fraction of sp³-hybridized carbons (Fsp3) is 0.500. The largest absolute Gasteiger partial charge is 0.492 e. The zero-order valence-corrected chi connectivity index (χ0v) is 12.8. The maximum Gasteiger partial charge on any atom is 0.251 e. The molecular formula is C14H20N2O4S. The number of hydrogen-bond acceptors (Lipinski definition) is 4. The fourth-order valence-electron chi connectivity index (χ4n) is 1.81. The molecule has 1 fully saturated rings. The average molecular weight is 312 g/mol. The van der Waals surface area contributed by atoms with Crippen molar-refractivity contribution in [3.8, 4) is 5.75 Å². The zero-order valence-electron chi connectivity index (χ0n) is 12.0. The lowest BCUT2D eigenvalue weighted by molar-refractivity contribution is 0.0951. The number of ether oxygens (including phenoxy) is 1. The number of nitrogens with two attached hydrogens (primary N) is 1. The molecule has 1 aromatic carbocycles. The first-order chi connectivity index (χ1) is 9.91. The van der Waals surface area contributed by atoms with E-state index in [1.165, 1.54) is 12.1 Å². The van der Waals surface area contributed by atoms with E-state index in [9.17, 15) is 13.2 Å². The molecule has 0 aliphatic heterocycles. The van der Waals surface area contributed by atoms with Crippen LogP contribution in [-0.2, 0) is 10.0 Å². The number of unbranched alkanes of at least 4 members (excludes halogenated alkanes) is 1. The molecule has 0 saturated heterocycles. The number of amides is 1. The van der Waals surface area contributed by atoms with Crippen LogP contribution in [0.4, 0.5) is 0 Å². The minimum atomic E-state index is -3.94. The lowest BCUT2D eigenvalue weighted by Gasteiger charge is -2.11. The summed E-state index contributed by atoms with van der Waals surface area (Å²) in [6.45, 7) is 2.42. The quantitative estimate of drug-likeness (QED) is 0.744. The van der Waals surface area contributed by atoms with E-state index in [1.807, 2.05) is 6.92 Å². The van der Waals surface area contributed by atoms with Gasteiger partial charge in [0.25, 0.3) is 5.91 Å². The Hall–Kier alpha value is -1.60. The highest BCUT2D eigenvalue weighted by atomic mass is 32.2. The molecule has 0 atom stereocenters. The molecule has 21 heavy (non-hydrogen) atoms. The van der Waals surface area contributed by atoms with Gasteiger partial charge < -0.3 is 10.1 Å². The number of sulfonamides is 1. The minimum absolute atomic E-state index is 0.151. The van der Waals surface area contributed by atoms with Crippen molar-refractivity contribution in [2.24, 2.45) is 5.14 Å². The Morgan fingerprint density at radius 2 is 2.14 bits per heavy atom. The lowest BCUT2D eigenvalue weighted by Crippen LogP contribution is -2.26. The van der Waals surface area contributed by atoms with Crippen molar-refractivity contribution in [1.29, 1.82) is 0 Å². The maximum atomic E-state index is 12.0. The van der Waals surface area contributed by atoms with E-state index >= 15 is 0 Å². The first kappa shape index (κ1) is 15.8. The standard InChI is InChI=1S/C14H20N2O4S/c1-2-3-8-20-12-7-4-10(9-13(12)21(15,18)19)14(17)16-11-5-6-11/h4,7,9,11H,2-3,5-6,8H2,1H3,(H,16,17)(H2,15,18,19). The van der Waals surface area contributed by atoms with E-state index in [0.717, 1.165) is 25.7 Å². The van der Waals surface area contributed by atoms with Crippen LogP contribution in [-0.4, -0.2) is 27.0 Å². The first-order valence-electron chi connectivity index (χ1n) is 7.02. The molecule has 1 saturated carbocycles. The van der Waals surface area contributed by atoms with Gasteiger partial charge >= 0.3 is 0 Å². The number of carbonyl (C=O) groups excluding carboxylic acids is 1. The number of benzene rings is 1. The number of carbonyl (C=O) groups is 1. The van der Waals surface area contributed by atoms with Crippen molar-refractivity contribution in [3.63, 3.8) is 0 Å². The van der Waals surface area contributed by atoms with Gasteiger partial charge in [-0.15, -0.1) is 0 Å². The summed E-state index contributed by atoms with van der Waals surface area (Å²) in [6, 6.07) is 4.51. The van der Waals surface area contributed by atoms with Gasteiger partial charge in [0.05, 0.1) is 6.61 Å². The van der Waals surface area contributed by atoms with Crippen LogP contribution in [0.5, 0.6) is 5.75 Å². The molecule has 116 valence electrons. The van der Waals surface area contributed by atoms with Crippen LogP contribution in [0, 0.1) is 0 Å². The summed E-state index contributed by atoms with van der Waals surface area (Å²) >= 11 is 0. The van der Waals surface area contributed by atoms with Crippen molar-refractivity contribution in [3.05, 3.63) is 23.8 Å². The van der Waals surface area contributed by atoms with Crippen LogP contribution in [0.3, 0.4) is 0 Å². The third-order valence-corrected chi connectivity index (χ3v) is 4.11. The molecule has 0 spiro atoms. The van der Waals surface area contributed by atoms with E-state index in [4.69, 9.17) is 9.88 Å². The van der Waals surface area contributed by atoms with Gasteiger partial charge in [0.15, 0.2) is 0 Å². The Balaban J connectivity index is 2.23. The summed E-state index contributed by atoms with van der Waals surface area (Å²) in [5, 5.41) is 8.01. The molecule has 0 heterocycles. The third-order valence-electron chi connectivity index (χ3n) is 3.18. The van der Waals surface area contributed by atoms with Crippen molar-refractivity contribution in [1.82, 2.24) is 5.32 Å². The molecular weight excluding hydrogens is 292 g/mol. The highest BCUT2D eigenvalue weighted by Crippen LogP contribution is 2.25. The van der Waals surface area contributed by atoms with Crippen molar-refractivity contribution < 1.29 is 17.9 Å². The van der Waals surface area contributed by atoms with E-state index in [1.54, 1.807) is 6.07 Å². The summed E-state index contributed by atoms with van der Waals surface area (Å²) in [7, 11) is -3.94. The predicted molar refractivity (Wildman–Crippen MR) is 78.7 cm³/mol. The van der Waals surface area contributed by atoms with E-state index in [0.29, 0.717) is 6.61 Å². The summed E-state index contributed by atoms with van der Waals surface area (Å²) < 4.78 is 28.8. The monoisotopic (exact) mass is 312 g/mol. The summed E-state index contributed by atoms with van der Waals surface area (Å²) in [5.41, 5.74) is 0.272. The summed E-state index contributed by atoms with van der Waals surface area (Å²) in [6.07, 6.45) is 3.68. The number of primary sulfonamides is 1. The highest BCUT2D eigenvalue weighted by molar-refractivity contribution is 7.89. The second-order valence-corrected chi connectivity index (χ2v) is 6.69. The van der Waals surface area contributed by atoms with Gasteiger partial charge in [-0.2, -0.15) is 0 Å². The van der Waals surface area contributed by atoms with Gasteiger partial charge in [-0.3, -0.25) is 4.79 Å².